The molecule has 0 atom stereocenters. The molecule has 136 valence electrons. The molecule has 1 saturated heterocycles. The van der Waals surface area contributed by atoms with Gasteiger partial charge in [0, 0.05) is 43.0 Å². The minimum absolute atomic E-state index is 0.0460. The maximum absolute atomic E-state index is 12.4. The number of piperazine rings is 1. The first-order valence-corrected chi connectivity index (χ1v) is 9.24. The minimum atomic E-state index is 0.0460. The van der Waals surface area contributed by atoms with E-state index < -0.39 is 0 Å². The Hall–Kier alpha value is -2.46. The summed E-state index contributed by atoms with van der Waals surface area (Å²) >= 11 is 6.06. The van der Waals surface area contributed by atoms with Crippen molar-refractivity contribution in [1.29, 1.82) is 0 Å². The Bertz CT molecular complexity index is 766. The number of benzene rings is 2. The van der Waals surface area contributed by atoms with Gasteiger partial charge in [-0.15, -0.1) is 0 Å². The number of carbonyl (C=O) groups excluding carboxylic acids is 1. The van der Waals surface area contributed by atoms with Gasteiger partial charge in [0.05, 0.1) is 6.61 Å². The summed E-state index contributed by atoms with van der Waals surface area (Å²) in [5, 5.41) is 0.735. The van der Waals surface area contributed by atoms with Gasteiger partial charge in [0.15, 0.2) is 0 Å². The number of amides is 1. The summed E-state index contributed by atoms with van der Waals surface area (Å²) in [5.41, 5.74) is 2.09. The lowest BCUT2D eigenvalue weighted by Crippen LogP contribution is -2.48. The smallest absolute Gasteiger partial charge is 0.246 e. The highest BCUT2D eigenvalue weighted by atomic mass is 35.5. The predicted octanol–water partition coefficient (Wildman–Crippen LogP) is 4.10. The molecule has 1 amide bonds. The van der Waals surface area contributed by atoms with E-state index in [9.17, 15) is 4.79 Å². The maximum atomic E-state index is 12.4. The monoisotopic (exact) mass is 370 g/mol. The van der Waals surface area contributed by atoms with E-state index >= 15 is 0 Å². The van der Waals surface area contributed by atoms with E-state index in [1.807, 2.05) is 60.4 Å². The highest BCUT2D eigenvalue weighted by molar-refractivity contribution is 6.30. The first-order chi connectivity index (χ1) is 12.7. The van der Waals surface area contributed by atoms with E-state index in [-0.39, 0.29) is 5.91 Å². The fraction of sp³-hybridized carbons (Fsp3) is 0.286. The topological polar surface area (TPSA) is 32.8 Å². The van der Waals surface area contributed by atoms with Gasteiger partial charge in [-0.3, -0.25) is 4.79 Å². The fourth-order valence-electron chi connectivity index (χ4n) is 2.97. The van der Waals surface area contributed by atoms with Crippen LogP contribution in [-0.4, -0.2) is 43.6 Å². The van der Waals surface area contributed by atoms with Gasteiger partial charge in [-0.05, 0) is 48.9 Å². The summed E-state index contributed by atoms with van der Waals surface area (Å²) in [6, 6.07) is 15.6. The molecule has 4 nitrogen and oxygen atoms in total. The highest BCUT2D eigenvalue weighted by Crippen LogP contribution is 2.21. The van der Waals surface area contributed by atoms with Crippen LogP contribution in [-0.2, 0) is 4.79 Å². The molecule has 3 rings (SSSR count). The number of halogens is 1. The molecule has 0 saturated carbocycles. The number of carbonyl (C=O) groups is 1. The molecule has 26 heavy (non-hydrogen) atoms. The van der Waals surface area contributed by atoms with Crippen LogP contribution in [0.3, 0.4) is 0 Å². The van der Waals surface area contributed by atoms with E-state index in [1.165, 1.54) is 0 Å². The van der Waals surface area contributed by atoms with Crippen LogP contribution in [0.1, 0.15) is 12.5 Å². The molecular weight excluding hydrogens is 348 g/mol. The maximum Gasteiger partial charge on any atom is 0.246 e. The van der Waals surface area contributed by atoms with E-state index in [4.69, 9.17) is 16.3 Å². The van der Waals surface area contributed by atoms with E-state index in [0.29, 0.717) is 19.7 Å². The zero-order valence-electron chi connectivity index (χ0n) is 14.9. The van der Waals surface area contributed by atoms with Crippen molar-refractivity contribution in [1.82, 2.24) is 4.90 Å². The van der Waals surface area contributed by atoms with Crippen molar-refractivity contribution in [2.24, 2.45) is 0 Å². The lowest BCUT2D eigenvalue weighted by atomic mass is 10.2. The van der Waals surface area contributed by atoms with E-state index in [2.05, 4.69) is 11.0 Å². The van der Waals surface area contributed by atoms with Crippen LogP contribution in [0.25, 0.3) is 6.08 Å². The van der Waals surface area contributed by atoms with Crippen molar-refractivity contribution in [2.75, 3.05) is 37.7 Å². The standard InChI is InChI=1S/C21H23ClN2O2/c1-2-26-20-9-6-17(7-10-20)8-11-21(25)24-14-12-23(13-15-24)19-5-3-4-18(22)16-19/h3-11,16H,2,12-15H2,1H3/b11-8+. The lowest BCUT2D eigenvalue weighted by Gasteiger charge is -2.35. The van der Waals surface area contributed by atoms with Crippen molar-refractivity contribution in [2.45, 2.75) is 6.92 Å². The Morgan fingerprint density at radius 3 is 2.50 bits per heavy atom. The van der Waals surface area contributed by atoms with Crippen LogP contribution < -0.4 is 9.64 Å². The molecule has 2 aromatic rings. The molecule has 1 aliphatic rings. The van der Waals surface area contributed by atoms with Gasteiger partial charge in [-0.1, -0.05) is 29.8 Å². The molecular formula is C21H23ClN2O2. The number of rotatable bonds is 5. The third-order valence-corrected chi connectivity index (χ3v) is 4.61. The Morgan fingerprint density at radius 2 is 1.85 bits per heavy atom. The van der Waals surface area contributed by atoms with Gasteiger partial charge in [-0.25, -0.2) is 0 Å². The molecule has 5 heteroatoms. The van der Waals surface area contributed by atoms with Crippen molar-refractivity contribution < 1.29 is 9.53 Å². The minimum Gasteiger partial charge on any atom is -0.494 e. The van der Waals surface area contributed by atoms with Gasteiger partial charge in [0.1, 0.15) is 5.75 Å². The summed E-state index contributed by atoms with van der Waals surface area (Å²) < 4.78 is 5.42. The van der Waals surface area contributed by atoms with Gasteiger partial charge < -0.3 is 14.5 Å². The predicted molar refractivity (Wildman–Crippen MR) is 107 cm³/mol. The fourth-order valence-corrected chi connectivity index (χ4v) is 3.16. The average molecular weight is 371 g/mol. The van der Waals surface area contributed by atoms with Crippen molar-refractivity contribution in [3.05, 3.63) is 65.2 Å². The molecule has 2 aromatic carbocycles. The second kappa shape index (κ2) is 8.77. The van der Waals surface area contributed by atoms with Crippen LogP contribution in [0.15, 0.2) is 54.6 Å². The molecule has 1 heterocycles. The second-order valence-corrected chi connectivity index (χ2v) is 6.56. The number of anilines is 1. The molecule has 0 bridgehead atoms. The first kappa shape index (κ1) is 18.3. The average Bonchev–Trinajstić information content (AvgIpc) is 2.67. The molecule has 0 unspecified atom stereocenters. The Kier molecular flexibility index (Phi) is 6.18. The van der Waals surface area contributed by atoms with Crippen LogP contribution in [0.2, 0.25) is 5.02 Å². The normalized spacial score (nSPS) is 14.7. The summed E-state index contributed by atoms with van der Waals surface area (Å²) in [5.74, 6) is 0.887. The highest BCUT2D eigenvalue weighted by Gasteiger charge is 2.19. The summed E-state index contributed by atoms with van der Waals surface area (Å²) in [4.78, 5) is 16.5. The first-order valence-electron chi connectivity index (χ1n) is 8.86. The molecule has 0 radical (unpaired) electrons. The Labute approximate surface area is 159 Å². The van der Waals surface area contributed by atoms with Gasteiger partial charge in [-0.2, -0.15) is 0 Å². The molecule has 1 fully saturated rings. The molecule has 0 N–H and O–H groups in total. The van der Waals surface area contributed by atoms with Gasteiger partial charge >= 0.3 is 0 Å². The third kappa shape index (κ3) is 4.79. The van der Waals surface area contributed by atoms with Crippen molar-refractivity contribution in [3.63, 3.8) is 0 Å². The SMILES string of the molecule is CCOc1ccc(/C=C/C(=O)N2CCN(c3cccc(Cl)c3)CC2)cc1. The third-order valence-electron chi connectivity index (χ3n) is 4.37. The summed E-state index contributed by atoms with van der Waals surface area (Å²) in [6.45, 7) is 5.64. The van der Waals surface area contributed by atoms with Crippen LogP contribution >= 0.6 is 11.6 Å². The van der Waals surface area contributed by atoms with Crippen LogP contribution in [0, 0.1) is 0 Å². The summed E-state index contributed by atoms with van der Waals surface area (Å²) in [7, 11) is 0. The molecule has 0 aliphatic carbocycles. The largest absolute Gasteiger partial charge is 0.494 e. The Balaban J connectivity index is 1.53. The number of ether oxygens (including phenoxy) is 1. The number of hydrogen-bond donors (Lipinski definition) is 0. The summed E-state index contributed by atoms with van der Waals surface area (Å²) in [6.07, 6.45) is 3.49. The van der Waals surface area contributed by atoms with Crippen LogP contribution in [0.4, 0.5) is 5.69 Å². The zero-order chi connectivity index (χ0) is 18.4. The molecule has 1 aliphatic heterocycles. The van der Waals surface area contributed by atoms with E-state index in [1.54, 1.807) is 6.08 Å². The number of hydrogen-bond acceptors (Lipinski definition) is 3. The second-order valence-electron chi connectivity index (χ2n) is 6.13. The van der Waals surface area contributed by atoms with E-state index in [0.717, 1.165) is 35.1 Å². The molecule has 0 aromatic heterocycles. The molecule has 0 spiro atoms. The lowest BCUT2D eigenvalue weighted by molar-refractivity contribution is -0.126. The Morgan fingerprint density at radius 1 is 1.12 bits per heavy atom. The van der Waals surface area contributed by atoms with Crippen molar-refractivity contribution in [3.8, 4) is 5.75 Å². The zero-order valence-corrected chi connectivity index (χ0v) is 15.7. The van der Waals surface area contributed by atoms with Crippen LogP contribution in [0.5, 0.6) is 5.75 Å². The van der Waals surface area contributed by atoms with Gasteiger partial charge in [0.25, 0.3) is 0 Å². The quantitative estimate of drug-likeness (QED) is 0.743. The van der Waals surface area contributed by atoms with Gasteiger partial charge in [0.2, 0.25) is 5.91 Å². The number of nitrogens with zero attached hydrogens (tertiary/aromatic N) is 2. The van der Waals surface area contributed by atoms with Crippen molar-refractivity contribution >= 4 is 29.3 Å².